The second-order valence-corrected chi connectivity index (χ2v) is 9.27. The van der Waals surface area contributed by atoms with Gasteiger partial charge in [-0.25, -0.2) is 9.78 Å². The van der Waals surface area contributed by atoms with Crippen LogP contribution in [0.5, 0.6) is 5.75 Å². The van der Waals surface area contributed by atoms with Crippen molar-refractivity contribution in [1.29, 1.82) is 0 Å². The smallest absolute Gasteiger partial charge is 0.336 e. The molecular formula is C27H21Cl2NO4. The molecule has 0 amide bonds. The molecule has 7 heteroatoms. The number of carbonyl (C=O) groups is 1. The van der Waals surface area contributed by atoms with Crippen LogP contribution in [0.3, 0.4) is 0 Å². The fourth-order valence-corrected chi connectivity index (χ4v) is 4.97. The molecule has 1 unspecified atom stereocenters. The van der Waals surface area contributed by atoms with Crippen LogP contribution in [0.15, 0.2) is 52.9 Å². The summed E-state index contributed by atoms with van der Waals surface area (Å²) in [6.45, 7) is 2.11. The second kappa shape index (κ2) is 8.82. The molecule has 0 aliphatic heterocycles. The predicted molar refractivity (Wildman–Crippen MR) is 135 cm³/mol. The van der Waals surface area contributed by atoms with Gasteiger partial charge in [0.05, 0.1) is 33.9 Å². The first kappa shape index (κ1) is 22.5. The van der Waals surface area contributed by atoms with E-state index in [-0.39, 0.29) is 11.5 Å². The van der Waals surface area contributed by atoms with E-state index >= 15 is 0 Å². The van der Waals surface area contributed by atoms with E-state index in [4.69, 9.17) is 37.3 Å². The maximum absolute atomic E-state index is 12.3. The van der Waals surface area contributed by atoms with Crippen LogP contribution in [0, 0.1) is 5.92 Å². The monoisotopic (exact) mass is 493 g/mol. The fraction of sp³-hybridized carbons (Fsp3) is 0.185. The first-order valence-corrected chi connectivity index (χ1v) is 11.6. The highest BCUT2D eigenvalue weighted by atomic mass is 35.5. The van der Waals surface area contributed by atoms with Crippen molar-refractivity contribution in [2.45, 2.75) is 19.8 Å². The third-order valence-corrected chi connectivity index (χ3v) is 6.91. The van der Waals surface area contributed by atoms with Crippen LogP contribution in [0.2, 0.25) is 10.0 Å². The normalized spacial score (nSPS) is 16.6. The maximum atomic E-state index is 12.3. The molecule has 34 heavy (non-hydrogen) atoms. The molecule has 1 N–H and O–H groups in total. The van der Waals surface area contributed by atoms with Gasteiger partial charge in [0.1, 0.15) is 17.3 Å². The van der Waals surface area contributed by atoms with Gasteiger partial charge in [-0.2, -0.15) is 0 Å². The number of hydrogen-bond donors (Lipinski definition) is 1. The number of benzene rings is 2. The van der Waals surface area contributed by atoms with Gasteiger partial charge in [0.25, 0.3) is 0 Å². The molecule has 0 fully saturated rings. The Kier molecular flexibility index (Phi) is 5.84. The van der Waals surface area contributed by atoms with Gasteiger partial charge < -0.3 is 14.3 Å². The predicted octanol–water partition coefficient (Wildman–Crippen LogP) is 7.63. The Bertz CT molecular complexity index is 1470. The number of rotatable bonds is 4. The molecule has 1 aliphatic rings. The van der Waals surface area contributed by atoms with Crippen molar-refractivity contribution < 1.29 is 19.1 Å². The van der Waals surface area contributed by atoms with E-state index in [9.17, 15) is 9.90 Å². The molecule has 1 atom stereocenters. The molecule has 0 bridgehead atoms. The van der Waals surface area contributed by atoms with E-state index in [2.05, 4.69) is 6.92 Å². The van der Waals surface area contributed by atoms with Gasteiger partial charge in [-0.3, -0.25) is 0 Å². The molecule has 2 aromatic carbocycles. The third kappa shape index (κ3) is 3.95. The lowest BCUT2D eigenvalue weighted by Crippen LogP contribution is -2.17. The number of halogens is 2. The Hall–Kier alpha value is -3.28. The van der Waals surface area contributed by atoms with E-state index in [1.54, 1.807) is 31.4 Å². The number of ether oxygens (including phenoxy) is 1. The summed E-state index contributed by atoms with van der Waals surface area (Å²) < 4.78 is 11.4. The van der Waals surface area contributed by atoms with Crippen LogP contribution in [-0.2, 0) is 6.42 Å². The quantitative estimate of drug-likeness (QED) is 0.316. The van der Waals surface area contributed by atoms with Crippen molar-refractivity contribution in [3.63, 3.8) is 0 Å². The Morgan fingerprint density at radius 2 is 2.00 bits per heavy atom. The number of carboxylic acids is 1. The van der Waals surface area contributed by atoms with Crippen molar-refractivity contribution in [3.8, 4) is 17.1 Å². The van der Waals surface area contributed by atoms with Gasteiger partial charge in [0.2, 0.25) is 0 Å². The van der Waals surface area contributed by atoms with Crippen molar-refractivity contribution >= 4 is 51.7 Å². The highest BCUT2D eigenvalue weighted by Gasteiger charge is 2.28. The molecule has 4 aromatic rings. The van der Waals surface area contributed by atoms with Gasteiger partial charge in [0.15, 0.2) is 0 Å². The lowest BCUT2D eigenvalue weighted by molar-refractivity contribution is 0.0697. The van der Waals surface area contributed by atoms with E-state index in [1.165, 1.54) is 0 Å². The summed E-state index contributed by atoms with van der Waals surface area (Å²) >= 11 is 12.5. The minimum absolute atomic E-state index is 0.249. The van der Waals surface area contributed by atoms with E-state index in [1.807, 2.05) is 30.3 Å². The first-order chi connectivity index (χ1) is 16.4. The number of pyridine rings is 1. The van der Waals surface area contributed by atoms with Crippen LogP contribution in [0.1, 0.15) is 40.7 Å². The molecule has 172 valence electrons. The molecule has 2 aromatic heterocycles. The Morgan fingerprint density at radius 1 is 1.18 bits per heavy atom. The average molecular weight is 494 g/mol. The average Bonchev–Trinajstić information content (AvgIpc) is 3.27. The Balaban J connectivity index is 1.65. The number of nitrogens with zero attached hydrogens (tertiary/aromatic N) is 1. The fourth-order valence-electron chi connectivity index (χ4n) is 4.58. The summed E-state index contributed by atoms with van der Waals surface area (Å²) in [7, 11) is 1.56. The SMILES string of the molecule is COc1ccc2nc3c(c(C(=O)O)c2c1)CC(C)C/C3=C\c1ccc(-c2cccc(Cl)c2Cl)o1. The lowest BCUT2D eigenvalue weighted by Gasteiger charge is -2.26. The van der Waals surface area contributed by atoms with Gasteiger partial charge >= 0.3 is 5.97 Å². The summed E-state index contributed by atoms with van der Waals surface area (Å²) in [5.74, 6) is 1.11. The van der Waals surface area contributed by atoms with Crippen LogP contribution >= 0.6 is 23.2 Å². The molecule has 0 spiro atoms. The summed E-state index contributed by atoms with van der Waals surface area (Å²) in [5.41, 5.74) is 3.98. The Morgan fingerprint density at radius 3 is 2.76 bits per heavy atom. The zero-order chi connectivity index (χ0) is 24.0. The summed E-state index contributed by atoms with van der Waals surface area (Å²) in [4.78, 5) is 17.2. The molecular weight excluding hydrogens is 473 g/mol. The zero-order valence-corrected chi connectivity index (χ0v) is 20.1. The Labute approximate surface area is 206 Å². The minimum Gasteiger partial charge on any atom is -0.497 e. The maximum Gasteiger partial charge on any atom is 0.336 e. The topological polar surface area (TPSA) is 72.6 Å². The van der Waals surface area contributed by atoms with Crippen molar-refractivity contribution in [1.82, 2.24) is 4.98 Å². The standard InChI is InChI=1S/C27H21Cl2NO4/c1-14-10-15(12-17-7-9-23(34-17)18-4-3-5-21(28)25(18)29)26-20(11-14)24(27(31)32)19-13-16(33-2)6-8-22(19)30-26/h3-9,12-14H,10-11H2,1-2H3,(H,31,32)/b15-12+. The third-order valence-electron chi connectivity index (χ3n) is 6.09. The number of aromatic nitrogens is 1. The van der Waals surface area contributed by atoms with Crippen molar-refractivity contribution in [2.24, 2.45) is 5.92 Å². The number of furan rings is 1. The molecule has 5 rings (SSSR count). The summed E-state index contributed by atoms with van der Waals surface area (Å²) in [6.07, 6.45) is 3.33. The number of aromatic carboxylic acids is 1. The first-order valence-electron chi connectivity index (χ1n) is 10.8. The largest absolute Gasteiger partial charge is 0.497 e. The van der Waals surface area contributed by atoms with Crippen LogP contribution in [0.25, 0.3) is 33.9 Å². The van der Waals surface area contributed by atoms with E-state index < -0.39 is 5.97 Å². The molecule has 0 saturated carbocycles. The molecule has 5 nitrogen and oxygen atoms in total. The van der Waals surface area contributed by atoms with E-state index in [0.717, 1.165) is 17.6 Å². The molecule has 0 radical (unpaired) electrons. The molecule has 1 aliphatic carbocycles. The molecule has 0 saturated heterocycles. The number of allylic oxidation sites excluding steroid dienone is 1. The number of methoxy groups -OCH3 is 1. The summed E-state index contributed by atoms with van der Waals surface area (Å²) in [6, 6.07) is 14.4. The van der Waals surface area contributed by atoms with Gasteiger partial charge in [-0.1, -0.05) is 36.2 Å². The van der Waals surface area contributed by atoms with Crippen molar-refractivity contribution in [3.05, 3.63) is 81.2 Å². The number of fused-ring (bicyclic) bond motifs is 2. The lowest BCUT2D eigenvalue weighted by atomic mass is 9.81. The van der Waals surface area contributed by atoms with E-state index in [0.29, 0.717) is 55.9 Å². The van der Waals surface area contributed by atoms with Crippen LogP contribution < -0.4 is 4.74 Å². The zero-order valence-electron chi connectivity index (χ0n) is 18.6. The highest BCUT2D eigenvalue weighted by Crippen LogP contribution is 2.40. The second-order valence-electron chi connectivity index (χ2n) is 8.49. The van der Waals surface area contributed by atoms with Crippen LogP contribution in [-0.4, -0.2) is 23.2 Å². The van der Waals surface area contributed by atoms with Crippen molar-refractivity contribution in [2.75, 3.05) is 7.11 Å². The molecule has 2 heterocycles. The van der Waals surface area contributed by atoms with Gasteiger partial charge in [-0.15, -0.1) is 0 Å². The van der Waals surface area contributed by atoms with Gasteiger partial charge in [0, 0.05) is 10.9 Å². The summed E-state index contributed by atoms with van der Waals surface area (Å²) in [5, 5.41) is 11.6. The number of hydrogen-bond acceptors (Lipinski definition) is 4. The highest BCUT2D eigenvalue weighted by molar-refractivity contribution is 6.43. The van der Waals surface area contributed by atoms with Gasteiger partial charge in [-0.05, 0) is 78.4 Å². The minimum atomic E-state index is -0.971. The number of carboxylic acid groups (broad SMARTS) is 1. The van der Waals surface area contributed by atoms with Crippen LogP contribution in [0.4, 0.5) is 0 Å².